The lowest BCUT2D eigenvalue weighted by atomic mass is 10.1. The quantitative estimate of drug-likeness (QED) is 0.468. The molecule has 2 aromatic heterocycles. The maximum absolute atomic E-state index is 5.82. The van der Waals surface area contributed by atoms with Crippen molar-refractivity contribution in [2.45, 2.75) is 7.59 Å². The maximum Gasteiger partial charge on any atom is 0.232 e. The van der Waals surface area contributed by atoms with Gasteiger partial charge in [-0.15, -0.1) is 0 Å². The van der Waals surface area contributed by atoms with E-state index < -0.39 is 7.59 Å². The highest BCUT2D eigenvalue weighted by Crippen LogP contribution is 2.39. The van der Waals surface area contributed by atoms with E-state index in [0.717, 1.165) is 11.1 Å². The maximum atomic E-state index is 5.82. The van der Waals surface area contributed by atoms with Crippen LogP contribution in [0.1, 0.15) is 11.4 Å². The molecule has 0 unspecified atom stereocenters. The second-order valence-electron chi connectivity index (χ2n) is 4.91. The zero-order valence-electron chi connectivity index (χ0n) is 11.6. The highest BCUT2D eigenvalue weighted by molar-refractivity contribution is 6.67. The summed E-state index contributed by atoms with van der Waals surface area (Å²) in [6.07, 6.45) is 0. The van der Waals surface area contributed by atoms with E-state index >= 15 is 0 Å². The molecule has 3 aromatic rings. The van der Waals surface area contributed by atoms with Crippen LogP contribution in [0.5, 0.6) is 0 Å². The van der Waals surface area contributed by atoms with Crippen LogP contribution in [-0.4, -0.2) is 20.4 Å². The smallest absolute Gasteiger partial charge is 0.232 e. The molecule has 0 amide bonds. The van der Waals surface area contributed by atoms with Crippen LogP contribution in [0.3, 0.4) is 0 Å². The van der Waals surface area contributed by atoms with E-state index in [1.54, 1.807) is 12.1 Å². The number of aromatic amines is 2. The summed E-state index contributed by atoms with van der Waals surface area (Å²) in [7, 11) is 0. The van der Waals surface area contributed by atoms with Crippen molar-refractivity contribution in [3.63, 3.8) is 0 Å². The minimum Gasteiger partial charge on any atom is -0.278 e. The van der Waals surface area contributed by atoms with Crippen LogP contribution in [0.25, 0.3) is 22.5 Å². The van der Waals surface area contributed by atoms with Gasteiger partial charge in [0.15, 0.2) is 0 Å². The number of hydrogen-bond acceptors (Lipinski definition) is 2. The van der Waals surface area contributed by atoms with Gasteiger partial charge in [-0.3, -0.25) is 10.2 Å². The fraction of sp³-hybridized carbons (Fsp3) is 0.143. The first kappa shape index (κ1) is 18.2. The molecule has 0 aliphatic rings. The number of benzene rings is 1. The van der Waals surface area contributed by atoms with Gasteiger partial charge in [-0.1, -0.05) is 93.9 Å². The molecule has 0 atom stereocenters. The molecule has 0 radical (unpaired) electrons. The van der Waals surface area contributed by atoms with Crippen LogP contribution in [0.4, 0.5) is 0 Å². The van der Waals surface area contributed by atoms with Gasteiger partial charge < -0.3 is 0 Å². The van der Waals surface area contributed by atoms with E-state index in [0.29, 0.717) is 22.8 Å². The molecule has 0 bridgehead atoms. The van der Waals surface area contributed by atoms with Crippen LogP contribution >= 0.6 is 69.6 Å². The molecule has 2 heterocycles. The van der Waals surface area contributed by atoms with Gasteiger partial charge in [0, 0.05) is 11.1 Å². The van der Waals surface area contributed by atoms with Gasteiger partial charge in [0.1, 0.15) is 0 Å². The number of nitrogens with zero attached hydrogens (tertiary/aromatic N) is 2. The third-order valence-corrected chi connectivity index (χ3v) is 4.46. The number of nitrogens with one attached hydrogen (secondary N) is 2. The van der Waals surface area contributed by atoms with Crippen LogP contribution in [-0.2, 0) is 7.59 Å². The van der Waals surface area contributed by atoms with Gasteiger partial charge in [-0.25, -0.2) is 0 Å². The molecule has 0 saturated heterocycles. The predicted octanol–water partition coefficient (Wildman–Crippen LogP) is 6.12. The van der Waals surface area contributed by atoms with Crippen molar-refractivity contribution < 1.29 is 0 Å². The Balaban J connectivity index is 1.86. The van der Waals surface area contributed by atoms with Crippen LogP contribution < -0.4 is 0 Å². The van der Waals surface area contributed by atoms with Gasteiger partial charge in [0.05, 0.1) is 22.8 Å². The van der Waals surface area contributed by atoms with Crippen LogP contribution in [0.15, 0.2) is 36.4 Å². The molecule has 0 saturated carbocycles. The number of H-pyrrole nitrogens is 2. The van der Waals surface area contributed by atoms with Gasteiger partial charge in [0.25, 0.3) is 0 Å². The Morgan fingerprint density at radius 1 is 0.625 bits per heavy atom. The fourth-order valence-corrected chi connectivity index (χ4v) is 2.62. The summed E-state index contributed by atoms with van der Waals surface area (Å²) >= 11 is 34.9. The molecule has 0 aliphatic heterocycles. The minimum absolute atomic E-state index is 0.395. The highest BCUT2D eigenvalue weighted by atomic mass is 35.6. The molecule has 126 valence electrons. The third kappa shape index (κ3) is 3.96. The van der Waals surface area contributed by atoms with E-state index in [1.807, 2.05) is 24.3 Å². The Hall–Kier alpha value is -0.620. The number of aromatic nitrogens is 4. The normalized spacial score (nSPS) is 12.6. The van der Waals surface area contributed by atoms with Crippen molar-refractivity contribution in [3.8, 4) is 22.5 Å². The van der Waals surface area contributed by atoms with Crippen LogP contribution in [0.2, 0.25) is 0 Å². The molecule has 3 rings (SSSR count). The summed E-state index contributed by atoms with van der Waals surface area (Å²) in [5.41, 5.74) is 3.82. The second-order valence-corrected chi connectivity index (χ2v) is 9.47. The first-order chi connectivity index (χ1) is 11.1. The average molecular weight is 445 g/mol. The fourth-order valence-electron chi connectivity index (χ4n) is 2.04. The molecule has 0 aliphatic carbocycles. The van der Waals surface area contributed by atoms with Crippen molar-refractivity contribution in [2.75, 3.05) is 0 Å². The van der Waals surface area contributed by atoms with Gasteiger partial charge in [-0.2, -0.15) is 10.2 Å². The third-order valence-electron chi connectivity index (χ3n) is 3.24. The SMILES string of the molecule is ClC(Cl)(Cl)c1cc(-c2ccc(-c3cc(C(Cl)(Cl)Cl)[nH]n3)cc2)n[nH]1. The monoisotopic (exact) mass is 442 g/mol. The summed E-state index contributed by atoms with van der Waals surface area (Å²) in [5.74, 6) is 0. The Kier molecular flexibility index (Phi) is 5.00. The van der Waals surface area contributed by atoms with Gasteiger partial charge >= 0.3 is 0 Å². The molecule has 10 heteroatoms. The van der Waals surface area contributed by atoms with E-state index in [9.17, 15) is 0 Å². The van der Waals surface area contributed by atoms with Crippen molar-refractivity contribution in [2.24, 2.45) is 0 Å². The van der Waals surface area contributed by atoms with Crippen molar-refractivity contribution >= 4 is 69.6 Å². The molecule has 0 fully saturated rings. The predicted molar refractivity (Wildman–Crippen MR) is 100 cm³/mol. The van der Waals surface area contributed by atoms with Crippen molar-refractivity contribution in [1.29, 1.82) is 0 Å². The number of hydrogen-bond donors (Lipinski definition) is 2. The average Bonchev–Trinajstić information content (AvgIpc) is 3.16. The van der Waals surface area contributed by atoms with Gasteiger partial charge in [-0.05, 0) is 12.1 Å². The molecular weight excluding hydrogens is 437 g/mol. The molecule has 2 N–H and O–H groups in total. The Morgan fingerprint density at radius 2 is 0.958 bits per heavy atom. The van der Waals surface area contributed by atoms with E-state index in [2.05, 4.69) is 20.4 Å². The highest BCUT2D eigenvalue weighted by Gasteiger charge is 2.26. The standard InChI is InChI=1S/C14H8Cl6N4/c15-13(16,17)11-5-9(21-23-11)7-1-2-8(4-3-7)10-6-12(24-22-10)14(18,19)20/h1-6H,(H,21,23)(H,22,24). The first-order valence-corrected chi connectivity index (χ1v) is 8.77. The number of halogens is 6. The largest absolute Gasteiger partial charge is 0.278 e. The first-order valence-electron chi connectivity index (χ1n) is 6.50. The Labute approximate surface area is 167 Å². The summed E-state index contributed by atoms with van der Waals surface area (Å²) < 4.78 is -3.10. The molecule has 0 spiro atoms. The zero-order valence-corrected chi connectivity index (χ0v) is 16.2. The van der Waals surface area contributed by atoms with Crippen molar-refractivity contribution in [1.82, 2.24) is 20.4 Å². The number of alkyl halides is 6. The molecule has 24 heavy (non-hydrogen) atoms. The summed E-state index contributed by atoms with van der Waals surface area (Å²) in [5, 5.41) is 13.7. The minimum atomic E-state index is -1.55. The Bertz CT molecular complexity index is 770. The lowest BCUT2D eigenvalue weighted by Gasteiger charge is -2.05. The molecular formula is C14H8Cl6N4. The zero-order chi connectivity index (χ0) is 17.5. The summed E-state index contributed by atoms with van der Waals surface area (Å²) in [6.45, 7) is 0. The lowest BCUT2D eigenvalue weighted by Crippen LogP contribution is -1.99. The summed E-state index contributed by atoms with van der Waals surface area (Å²) in [6, 6.07) is 10.8. The topological polar surface area (TPSA) is 57.4 Å². The molecule has 1 aromatic carbocycles. The second kappa shape index (κ2) is 6.60. The molecule has 4 nitrogen and oxygen atoms in total. The van der Waals surface area contributed by atoms with Gasteiger partial charge in [0.2, 0.25) is 7.59 Å². The lowest BCUT2D eigenvalue weighted by molar-refractivity contribution is 1.000. The number of rotatable bonds is 2. The van der Waals surface area contributed by atoms with E-state index in [4.69, 9.17) is 69.6 Å². The van der Waals surface area contributed by atoms with E-state index in [1.165, 1.54) is 0 Å². The summed E-state index contributed by atoms with van der Waals surface area (Å²) in [4.78, 5) is 0. The van der Waals surface area contributed by atoms with Crippen LogP contribution in [0, 0.1) is 0 Å². The Morgan fingerprint density at radius 3 is 1.21 bits per heavy atom. The van der Waals surface area contributed by atoms with E-state index in [-0.39, 0.29) is 0 Å². The van der Waals surface area contributed by atoms with Crippen molar-refractivity contribution in [3.05, 3.63) is 47.8 Å².